The van der Waals surface area contributed by atoms with Crippen molar-refractivity contribution in [1.29, 1.82) is 0 Å². The molecule has 0 aromatic heterocycles. The van der Waals surface area contributed by atoms with Crippen LogP contribution in [0.4, 0.5) is 0 Å². The zero-order valence-corrected chi connectivity index (χ0v) is 11.7. The van der Waals surface area contributed by atoms with E-state index in [1.807, 2.05) is 0 Å². The van der Waals surface area contributed by atoms with Crippen LogP contribution >= 0.6 is 0 Å². The SMILES string of the molecule is CCCCCCC1C=CC=C2C1=Cc1ccccc12. The Balaban J connectivity index is 1.74. The number of hydrogen-bond donors (Lipinski definition) is 0. The fraction of sp³-hybridized carbons (Fsp3) is 0.368. The highest BCUT2D eigenvalue weighted by Gasteiger charge is 2.24. The van der Waals surface area contributed by atoms with Gasteiger partial charge in [-0.25, -0.2) is 0 Å². The van der Waals surface area contributed by atoms with Gasteiger partial charge in [0.15, 0.2) is 0 Å². The quantitative estimate of drug-likeness (QED) is 0.595. The van der Waals surface area contributed by atoms with Gasteiger partial charge in [-0.2, -0.15) is 0 Å². The Morgan fingerprint density at radius 1 is 1.05 bits per heavy atom. The van der Waals surface area contributed by atoms with Crippen LogP contribution in [0.2, 0.25) is 0 Å². The van der Waals surface area contributed by atoms with Crippen molar-refractivity contribution in [3.8, 4) is 0 Å². The van der Waals surface area contributed by atoms with Crippen LogP contribution < -0.4 is 0 Å². The van der Waals surface area contributed by atoms with Gasteiger partial charge >= 0.3 is 0 Å². The van der Waals surface area contributed by atoms with Gasteiger partial charge in [-0.1, -0.05) is 75.1 Å². The van der Waals surface area contributed by atoms with Gasteiger partial charge in [0.1, 0.15) is 0 Å². The average molecular weight is 250 g/mol. The van der Waals surface area contributed by atoms with E-state index in [0.717, 1.165) is 0 Å². The summed E-state index contributed by atoms with van der Waals surface area (Å²) < 4.78 is 0. The van der Waals surface area contributed by atoms with Gasteiger partial charge in [0.25, 0.3) is 0 Å². The van der Waals surface area contributed by atoms with E-state index in [1.54, 1.807) is 5.57 Å². The molecule has 1 unspecified atom stereocenters. The molecule has 1 atom stereocenters. The van der Waals surface area contributed by atoms with Crippen LogP contribution in [0.5, 0.6) is 0 Å². The lowest BCUT2D eigenvalue weighted by Crippen LogP contribution is -2.04. The lowest BCUT2D eigenvalue weighted by molar-refractivity contribution is 0.582. The molecule has 0 nitrogen and oxygen atoms in total. The minimum Gasteiger partial charge on any atom is -0.0770 e. The first-order chi connectivity index (χ1) is 9.40. The number of benzene rings is 1. The molecule has 1 aromatic carbocycles. The highest BCUT2D eigenvalue weighted by atomic mass is 14.3. The second kappa shape index (κ2) is 5.61. The van der Waals surface area contributed by atoms with Crippen LogP contribution in [0.15, 0.2) is 48.1 Å². The second-order valence-electron chi connectivity index (χ2n) is 5.61. The summed E-state index contributed by atoms with van der Waals surface area (Å²) >= 11 is 0. The summed E-state index contributed by atoms with van der Waals surface area (Å²) in [4.78, 5) is 0. The summed E-state index contributed by atoms with van der Waals surface area (Å²) in [6.45, 7) is 2.28. The highest BCUT2D eigenvalue weighted by molar-refractivity contribution is 5.96. The highest BCUT2D eigenvalue weighted by Crippen LogP contribution is 2.43. The maximum absolute atomic E-state index is 2.40. The van der Waals surface area contributed by atoms with E-state index in [-0.39, 0.29) is 0 Å². The predicted octanol–water partition coefficient (Wildman–Crippen LogP) is 5.62. The van der Waals surface area contributed by atoms with E-state index < -0.39 is 0 Å². The molecule has 0 heterocycles. The minimum absolute atomic E-state index is 0.629. The van der Waals surface area contributed by atoms with Crippen molar-refractivity contribution in [3.05, 3.63) is 59.2 Å². The fourth-order valence-corrected chi connectivity index (χ4v) is 3.19. The van der Waals surface area contributed by atoms with Crippen LogP contribution in [0, 0.1) is 5.92 Å². The molecule has 0 fully saturated rings. The summed E-state index contributed by atoms with van der Waals surface area (Å²) in [6, 6.07) is 8.76. The van der Waals surface area contributed by atoms with Crippen molar-refractivity contribution in [3.63, 3.8) is 0 Å². The van der Waals surface area contributed by atoms with E-state index in [9.17, 15) is 0 Å². The number of allylic oxidation sites excluding steroid dienone is 5. The molecule has 0 aliphatic heterocycles. The lowest BCUT2D eigenvalue weighted by Gasteiger charge is -2.19. The topological polar surface area (TPSA) is 0 Å². The molecule has 0 spiro atoms. The summed E-state index contributed by atoms with van der Waals surface area (Å²) in [7, 11) is 0. The van der Waals surface area contributed by atoms with Crippen LogP contribution in [0.1, 0.15) is 50.2 Å². The van der Waals surface area contributed by atoms with Crippen molar-refractivity contribution in [2.75, 3.05) is 0 Å². The molecule has 1 aromatic rings. The van der Waals surface area contributed by atoms with Gasteiger partial charge in [0, 0.05) is 5.92 Å². The Hall–Kier alpha value is -1.56. The van der Waals surface area contributed by atoms with Crippen LogP contribution in [-0.2, 0) is 0 Å². The van der Waals surface area contributed by atoms with Gasteiger partial charge in [0.2, 0.25) is 0 Å². The van der Waals surface area contributed by atoms with E-state index in [4.69, 9.17) is 0 Å². The molecule has 2 aliphatic rings. The van der Waals surface area contributed by atoms with Crippen molar-refractivity contribution in [2.24, 2.45) is 5.92 Å². The monoisotopic (exact) mass is 250 g/mol. The van der Waals surface area contributed by atoms with Gasteiger partial charge in [-0.3, -0.25) is 0 Å². The van der Waals surface area contributed by atoms with Gasteiger partial charge < -0.3 is 0 Å². The number of hydrogen-bond acceptors (Lipinski definition) is 0. The first-order valence-electron chi connectivity index (χ1n) is 7.60. The molecule has 0 heteroatoms. The van der Waals surface area contributed by atoms with E-state index >= 15 is 0 Å². The van der Waals surface area contributed by atoms with Gasteiger partial charge in [-0.15, -0.1) is 0 Å². The van der Waals surface area contributed by atoms with Crippen molar-refractivity contribution >= 4 is 11.6 Å². The lowest BCUT2D eigenvalue weighted by atomic mass is 9.85. The third-order valence-electron chi connectivity index (χ3n) is 4.25. The Bertz CT molecular complexity index is 543. The Kier molecular flexibility index (Phi) is 3.68. The molecule has 0 radical (unpaired) electrons. The largest absolute Gasteiger partial charge is 0.0770 e. The molecule has 19 heavy (non-hydrogen) atoms. The number of unbranched alkanes of at least 4 members (excludes halogenated alkanes) is 3. The molecular weight excluding hydrogens is 228 g/mol. The smallest absolute Gasteiger partial charge is 0.00274 e. The zero-order valence-electron chi connectivity index (χ0n) is 11.7. The Morgan fingerprint density at radius 3 is 2.84 bits per heavy atom. The molecule has 0 amide bonds. The summed E-state index contributed by atoms with van der Waals surface area (Å²) in [5.41, 5.74) is 5.81. The zero-order chi connectivity index (χ0) is 13.1. The normalized spacial score (nSPS) is 19.7. The predicted molar refractivity (Wildman–Crippen MR) is 83.8 cm³/mol. The maximum atomic E-state index is 2.40. The van der Waals surface area contributed by atoms with Gasteiger partial charge in [0.05, 0.1) is 0 Å². The van der Waals surface area contributed by atoms with Crippen molar-refractivity contribution in [2.45, 2.75) is 39.0 Å². The van der Waals surface area contributed by atoms with Crippen LogP contribution in [-0.4, -0.2) is 0 Å². The molecule has 0 N–H and O–H groups in total. The van der Waals surface area contributed by atoms with Crippen molar-refractivity contribution < 1.29 is 0 Å². The molecule has 0 bridgehead atoms. The van der Waals surface area contributed by atoms with Crippen LogP contribution in [0.3, 0.4) is 0 Å². The van der Waals surface area contributed by atoms with E-state index in [0.29, 0.717) is 5.92 Å². The average Bonchev–Trinajstić information content (AvgIpc) is 2.83. The standard InChI is InChI=1S/C19H22/c1-2-3-4-5-9-15-11-8-13-18-17-12-7-6-10-16(17)14-19(15)18/h6-8,10-15H,2-5,9H2,1H3. The number of fused-ring (bicyclic) bond motifs is 3. The Morgan fingerprint density at radius 2 is 1.95 bits per heavy atom. The Labute approximate surface area is 116 Å². The fourth-order valence-electron chi connectivity index (χ4n) is 3.19. The second-order valence-corrected chi connectivity index (χ2v) is 5.61. The van der Waals surface area contributed by atoms with Crippen molar-refractivity contribution in [1.82, 2.24) is 0 Å². The third kappa shape index (κ3) is 2.45. The third-order valence-corrected chi connectivity index (χ3v) is 4.25. The molecular formula is C19H22. The number of rotatable bonds is 5. The van der Waals surface area contributed by atoms with E-state index in [1.165, 1.54) is 48.8 Å². The molecule has 2 aliphatic carbocycles. The molecule has 3 rings (SSSR count). The van der Waals surface area contributed by atoms with Gasteiger partial charge in [-0.05, 0) is 34.8 Å². The molecule has 98 valence electrons. The summed E-state index contributed by atoms with van der Waals surface area (Å²) in [5, 5.41) is 0. The minimum atomic E-state index is 0.629. The molecule has 0 saturated carbocycles. The first-order valence-corrected chi connectivity index (χ1v) is 7.60. The maximum Gasteiger partial charge on any atom is 0.00274 e. The first kappa shape index (κ1) is 12.5. The van der Waals surface area contributed by atoms with E-state index in [2.05, 4.69) is 55.5 Å². The molecule has 0 saturated heterocycles. The summed E-state index contributed by atoms with van der Waals surface area (Å²) in [6.07, 6.45) is 16.0. The summed E-state index contributed by atoms with van der Waals surface area (Å²) in [5.74, 6) is 0.629. The van der Waals surface area contributed by atoms with Crippen LogP contribution in [0.25, 0.3) is 11.6 Å².